The van der Waals surface area contributed by atoms with Gasteiger partial charge in [0.15, 0.2) is 12.4 Å². The zero-order valence-electron chi connectivity index (χ0n) is 17.9. The Morgan fingerprint density at radius 3 is 2.45 bits per heavy atom. The molecular weight excluding hydrogens is 424 g/mol. The van der Waals surface area contributed by atoms with Gasteiger partial charge in [0.2, 0.25) is 0 Å². The highest BCUT2D eigenvalue weighted by atomic mass is 16.5. The van der Waals surface area contributed by atoms with Crippen molar-refractivity contribution in [3.05, 3.63) is 72.4 Å². The lowest BCUT2D eigenvalue weighted by molar-refractivity contribution is -0.152. The maximum Gasteiger partial charge on any atom is 0.310 e. The first-order valence-electron chi connectivity index (χ1n) is 10.7. The van der Waals surface area contributed by atoms with E-state index in [2.05, 4.69) is 0 Å². The molecule has 1 fully saturated rings. The molecule has 1 aliphatic rings. The van der Waals surface area contributed by atoms with Crippen LogP contribution in [0.1, 0.15) is 16.1 Å². The fourth-order valence-electron chi connectivity index (χ4n) is 4.16. The lowest BCUT2D eigenvalue weighted by Gasteiger charge is -2.34. The van der Waals surface area contributed by atoms with E-state index in [1.165, 1.54) is 6.26 Å². The van der Waals surface area contributed by atoms with Gasteiger partial charge in [-0.1, -0.05) is 30.3 Å². The number of hydrogen-bond donors (Lipinski definition) is 0. The van der Waals surface area contributed by atoms with Crippen molar-refractivity contribution >= 4 is 39.5 Å². The van der Waals surface area contributed by atoms with Crippen molar-refractivity contribution in [2.75, 3.05) is 32.8 Å². The molecule has 0 unspecified atom stereocenters. The number of benzene rings is 2. The maximum absolute atomic E-state index is 12.5. The molecule has 0 radical (unpaired) electrons. The van der Waals surface area contributed by atoms with Crippen molar-refractivity contribution in [3.63, 3.8) is 0 Å². The zero-order valence-corrected chi connectivity index (χ0v) is 17.9. The highest BCUT2D eigenvalue weighted by Crippen LogP contribution is 2.30. The van der Waals surface area contributed by atoms with E-state index in [1.54, 1.807) is 28.2 Å². The molecule has 0 N–H and O–H groups in total. The summed E-state index contributed by atoms with van der Waals surface area (Å²) in [6, 6.07) is 15.0. The summed E-state index contributed by atoms with van der Waals surface area (Å²) in [4.78, 5) is 40.5. The van der Waals surface area contributed by atoms with Gasteiger partial charge in [0, 0.05) is 37.1 Å². The largest absolute Gasteiger partial charge is 0.464 e. The van der Waals surface area contributed by atoms with Crippen LogP contribution in [0.5, 0.6) is 0 Å². The monoisotopic (exact) mass is 446 g/mol. The Bertz CT molecular complexity index is 1320. The summed E-state index contributed by atoms with van der Waals surface area (Å²) >= 11 is 0. The molecule has 168 valence electrons. The number of hydrogen-bond acceptors (Lipinski definition) is 6. The van der Waals surface area contributed by atoms with E-state index in [0.717, 1.165) is 21.7 Å². The number of ether oxygens (including phenoxy) is 1. The summed E-state index contributed by atoms with van der Waals surface area (Å²) in [7, 11) is 0. The van der Waals surface area contributed by atoms with Gasteiger partial charge in [-0.15, -0.1) is 0 Å². The van der Waals surface area contributed by atoms with Crippen LogP contribution in [-0.4, -0.2) is 60.4 Å². The molecule has 2 aromatic carbocycles. The van der Waals surface area contributed by atoms with Crippen LogP contribution >= 0.6 is 0 Å². The standard InChI is InChI=1S/C25H22N2O6/c28-22(26-9-11-27(12-10-26)25(30)21-6-3-13-31-21)16-33-23(29)14-18-15-32-20-8-7-17-4-1-2-5-19(17)24(18)20/h1-8,13,15H,9-12,14,16H2. The van der Waals surface area contributed by atoms with Gasteiger partial charge in [-0.05, 0) is 29.0 Å². The highest BCUT2D eigenvalue weighted by molar-refractivity contribution is 6.08. The van der Waals surface area contributed by atoms with E-state index in [4.69, 9.17) is 13.6 Å². The number of furan rings is 2. The van der Waals surface area contributed by atoms with Crippen molar-refractivity contribution in [1.82, 2.24) is 9.80 Å². The molecule has 0 atom stereocenters. The minimum absolute atomic E-state index is 0.0136. The number of piperazine rings is 1. The van der Waals surface area contributed by atoms with Gasteiger partial charge in [0.25, 0.3) is 11.8 Å². The minimum atomic E-state index is -0.495. The third-order valence-corrected chi connectivity index (χ3v) is 5.88. The summed E-state index contributed by atoms with van der Waals surface area (Å²) in [5.74, 6) is -0.691. The van der Waals surface area contributed by atoms with Crippen molar-refractivity contribution in [2.24, 2.45) is 0 Å². The normalized spacial score (nSPS) is 14.1. The lowest BCUT2D eigenvalue weighted by Crippen LogP contribution is -2.51. The van der Waals surface area contributed by atoms with Crippen LogP contribution in [0.2, 0.25) is 0 Å². The predicted molar refractivity (Wildman–Crippen MR) is 120 cm³/mol. The second-order valence-electron chi connectivity index (χ2n) is 7.91. The van der Waals surface area contributed by atoms with E-state index in [0.29, 0.717) is 31.8 Å². The first-order valence-corrected chi connectivity index (χ1v) is 10.7. The number of carbonyl (C=O) groups is 3. The second-order valence-corrected chi connectivity index (χ2v) is 7.91. The lowest BCUT2D eigenvalue weighted by atomic mass is 10.0. The molecule has 1 aliphatic heterocycles. The molecule has 2 aromatic heterocycles. The van der Waals surface area contributed by atoms with Gasteiger partial charge < -0.3 is 23.4 Å². The van der Waals surface area contributed by atoms with Crippen LogP contribution in [0.15, 0.2) is 69.9 Å². The molecule has 3 heterocycles. The van der Waals surface area contributed by atoms with Crippen molar-refractivity contribution < 1.29 is 28.0 Å². The van der Waals surface area contributed by atoms with Gasteiger partial charge in [0.05, 0.1) is 18.9 Å². The van der Waals surface area contributed by atoms with Crippen molar-refractivity contribution in [2.45, 2.75) is 6.42 Å². The number of carbonyl (C=O) groups excluding carboxylic acids is 3. The molecule has 33 heavy (non-hydrogen) atoms. The molecule has 5 rings (SSSR count). The molecule has 2 amide bonds. The quantitative estimate of drug-likeness (QED) is 0.437. The van der Waals surface area contributed by atoms with Crippen LogP contribution in [0, 0.1) is 0 Å². The summed E-state index contributed by atoms with van der Waals surface area (Å²) in [6.45, 7) is 1.21. The van der Waals surface area contributed by atoms with Crippen LogP contribution in [-0.2, 0) is 20.7 Å². The Hall–Kier alpha value is -4.07. The van der Waals surface area contributed by atoms with Crippen LogP contribution in [0.4, 0.5) is 0 Å². The van der Waals surface area contributed by atoms with Gasteiger partial charge >= 0.3 is 5.97 Å². The van der Waals surface area contributed by atoms with Crippen molar-refractivity contribution in [3.8, 4) is 0 Å². The Kier molecular flexibility index (Phi) is 5.56. The van der Waals surface area contributed by atoms with Crippen LogP contribution in [0.3, 0.4) is 0 Å². The number of rotatable bonds is 5. The molecule has 0 bridgehead atoms. The molecule has 0 spiro atoms. The zero-order chi connectivity index (χ0) is 22.8. The van der Waals surface area contributed by atoms with E-state index in [1.807, 2.05) is 36.4 Å². The van der Waals surface area contributed by atoms with Gasteiger partial charge in [0.1, 0.15) is 5.58 Å². The fraction of sp³-hybridized carbons (Fsp3) is 0.240. The molecular formula is C25H22N2O6. The Morgan fingerprint density at radius 1 is 0.879 bits per heavy atom. The SMILES string of the molecule is O=C(Cc1coc2ccc3ccccc3c12)OCC(=O)N1CCN(C(=O)c2ccco2)CC1. The number of amides is 2. The molecule has 8 heteroatoms. The Morgan fingerprint density at radius 2 is 1.67 bits per heavy atom. The molecule has 8 nitrogen and oxygen atoms in total. The second kappa shape index (κ2) is 8.82. The van der Waals surface area contributed by atoms with Gasteiger partial charge in [-0.2, -0.15) is 0 Å². The molecule has 1 saturated heterocycles. The Balaban J connectivity index is 1.16. The first-order chi connectivity index (χ1) is 16.1. The molecule has 0 saturated carbocycles. The number of esters is 1. The van der Waals surface area contributed by atoms with E-state index in [9.17, 15) is 14.4 Å². The minimum Gasteiger partial charge on any atom is -0.464 e. The number of nitrogens with zero attached hydrogens (tertiary/aromatic N) is 2. The third-order valence-electron chi connectivity index (χ3n) is 5.88. The summed E-state index contributed by atoms with van der Waals surface area (Å²) in [6.07, 6.45) is 3.03. The van der Waals surface area contributed by atoms with Gasteiger partial charge in [-0.3, -0.25) is 14.4 Å². The topological polar surface area (TPSA) is 93.2 Å². The van der Waals surface area contributed by atoms with E-state index >= 15 is 0 Å². The summed E-state index contributed by atoms with van der Waals surface area (Å²) in [5, 5.41) is 2.94. The van der Waals surface area contributed by atoms with E-state index < -0.39 is 5.97 Å². The summed E-state index contributed by atoms with van der Waals surface area (Å²) < 4.78 is 16.0. The Labute approximate surface area is 189 Å². The average Bonchev–Trinajstić information content (AvgIpc) is 3.53. The third kappa shape index (κ3) is 4.19. The van der Waals surface area contributed by atoms with E-state index in [-0.39, 0.29) is 30.6 Å². The average molecular weight is 446 g/mol. The fourth-order valence-corrected chi connectivity index (χ4v) is 4.16. The van der Waals surface area contributed by atoms with Crippen LogP contribution < -0.4 is 0 Å². The van der Waals surface area contributed by atoms with Crippen LogP contribution in [0.25, 0.3) is 21.7 Å². The maximum atomic E-state index is 12.5. The predicted octanol–water partition coefficient (Wildman–Crippen LogP) is 3.25. The summed E-state index contributed by atoms with van der Waals surface area (Å²) in [5.41, 5.74) is 1.43. The van der Waals surface area contributed by atoms with Crippen molar-refractivity contribution in [1.29, 1.82) is 0 Å². The smallest absolute Gasteiger partial charge is 0.310 e. The number of fused-ring (bicyclic) bond motifs is 3. The first kappa shape index (κ1) is 20.8. The highest BCUT2D eigenvalue weighted by Gasteiger charge is 2.26. The molecule has 0 aliphatic carbocycles. The molecule has 4 aromatic rings. The van der Waals surface area contributed by atoms with Gasteiger partial charge in [-0.25, -0.2) is 0 Å².